The van der Waals surface area contributed by atoms with Gasteiger partial charge in [0, 0.05) is 0 Å². The van der Waals surface area contributed by atoms with Gasteiger partial charge in [-0.1, -0.05) is 0 Å². The molecule has 4 N–H and O–H groups in total. The molecule has 0 aromatic carbocycles. The van der Waals surface area contributed by atoms with Gasteiger partial charge >= 0.3 is 11.9 Å². The van der Waals surface area contributed by atoms with Crippen LogP contribution in [0.4, 0.5) is 0 Å². The van der Waals surface area contributed by atoms with E-state index in [1.165, 1.54) is 0 Å². The minimum Gasteiger partial charge on any atom is -0.481 e. The molecule has 1 unspecified atom stereocenters. The van der Waals surface area contributed by atoms with Gasteiger partial charge in [0.1, 0.15) is 6.04 Å². The van der Waals surface area contributed by atoms with Crippen LogP contribution in [0, 0.1) is 5.41 Å². The van der Waals surface area contributed by atoms with Crippen LogP contribution >= 0.6 is 0 Å². The maximum atomic E-state index is 10.5. The Bertz CT molecular complexity index is 265. The van der Waals surface area contributed by atoms with E-state index in [4.69, 9.17) is 15.9 Å². The smallest absolute Gasteiger partial charge is 0.320 e. The first-order valence-corrected chi connectivity index (χ1v) is 5.89. The van der Waals surface area contributed by atoms with Crippen molar-refractivity contribution in [2.24, 2.45) is 11.1 Å². The lowest BCUT2D eigenvalue weighted by Gasteiger charge is -2.17. The molecule has 0 aromatic heterocycles. The van der Waals surface area contributed by atoms with E-state index >= 15 is 0 Å². The SMILES string of the molecule is CC(C(=O)O)N(C)C.CC(C)(CCCN)C(=O)O. The fraction of sp³-hybridized carbons (Fsp3) is 0.833. The lowest BCUT2D eigenvalue weighted by Crippen LogP contribution is -2.32. The molecule has 6 nitrogen and oxygen atoms in total. The lowest BCUT2D eigenvalue weighted by atomic mass is 9.88. The molecule has 1 atom stereocenters. The van der Waals surface area contributed by atoms with Gasteiger partial charge in [0.05, 0.1) is 5.41 Å². The molecule has 0 spiro atoms. The van der Waals surface area contributed by atoms with Crippen molar-refractivity contribution >= 4 is 11.9 Å². The van der Waals surface area contributed by atoms with Crippen molar-refractivity contribution in [2.75, 3.05) is 20.6 Å². The van der Waals surface area contributed by atoms with Gasteiger partial charge in [0.25, 0.3) is 0 Å². The van der Waals surface area contributed by atoms with Gasteiger partial charge in [0.2, 0.25) is 0 Å². The summed E-state index contributed by atoms with van der Waals surface area (Å²) >= 11 is 0. The molecule has 18 heavy (non-hydrogen) atoms. The second kappa shape index (κ2) is 8.88. The van der Waals surface area contributed by atoms with E-state index in [0.717, 1.165) is 6.42 Å². The highest BCUT2D eigenvalue weighted by Crippen LogP contribution is 2.21. The van der Waals surface area contributed by atoms with Gasteiger partial charge in [-0.3, -0.25) is 14.5 Å². The van der Waals surface area contributed by atoms with Crippen LogP contribution < -0.4 is 5.73 Å². The number of hydrogen-bond acceptors (Lipinski definition) is 4. The van der Waals surface area contributed by atoms with Gasteiger partial charge in [-0.05, 0) is 54.3 Å². The molecule has 0 aliphatic rings. The molecule has 0 rings (SSSR count). The van der Waals surface area contributed by atoms with E-state index < -0.39 is 17.4 Å². The lowest BCUT2D eigenvalue weighted by molar-refractivity contribution is -0.147. The van der Waals surface area contributed by atoms with Gasteiger partial charge in [0.15, 0.2) is 0 Å². The fourth-order valence-corrected chi connectivity index (χ4v) is 0.872. The minimum absolute atomic E-state index is 0.380. The molecule has 0 amide bonds. The fourth-order valence-electron chi connectivity index (χ4n) is 0.872. The molecule has 6 heteroatoms. The normalized spacial score (nSPS) is 12.6. The van der Waals surface area contributed by atoms with Crippen LogP contribution in [0.1, 0.15) is 33.6 Å². The highest BCUT2D eigenvalue weighted by atomic mass is 16.4. The Morgan fingerprint density at radius 2 is 1.72 bits per heavy atom. The van der Waals surface area contributed by atoms with Crippen LogP contribution in [0.25, 0.3) is 0 Å². The van der Waals surface area contributed by atoms with Crippen LogP contribution in [-0.2, 0) is 9.59 Å². The highest BCUT2D eigenvalue weighted by molar-refractivity contribution is 5.73. The Balaban J connectivity index is 0. The largest absolute Gasteiger partial charge is 0.481 e. The predicted molar refractivity (Wildman–Crippen MR) is 70.5 cm³/mol. The van der Waals surface area contributed by atoms with Crippen molar-refractivity contribution in [3.05, 3.63) is 0 Å². The summed E-state index contributed by atoms with van der Waals surface area (Å²) in [7, 11) is 3.47. The highest BCUT2D eigenvalue weighted by Gasteiger charge is 2.25. The number of aliphatic carboxylic acids is 2. The van der Waals surface area contributed by atoms with Gasteiger partial charge < -0.3 is 15.9 Å². The van der Waals surface area contributed by atoms with Gasteiger partial charge in [-0.25, -0.2) is 0 Å². The number of rotatable bonds is 6. The Morgan fingerprint density at radius 1 is 1.28 bits per heavy atom. The van der Waals surface area contributed by atoms with E-state index in [-0.39, 0.29) is 6.04 Å². The maximum absolute atomic E-state index is 10.5. The number of hydrogen-bond donors (Lipinski definition) is 3. The summed E-state index contributed by atoms with van der Waals surface area (Å²) in [5, 5.41) is 16.9. The Kier molecular flexibility index (Phi) is 9.47. The average molecular weight is 262 g/mol. The van der Waals surface area contributed by atoms with E-state index in [9.17, 15) is 9.59 Å². The quantitative estimate of drug-likeness (QED) is 0.656. The molecule has 0 saturated carbocycles. The first-order valence-electron chi connectivity index (χ1n) is 5.89. The molecule has 108 valence electrons. The zero-order valence-corrected chi connectivity index (χ0v) is 11.9. The third kappa shape index (κ3) is 8.95. The molecule has 0 fully saturated rings. The molecular formula is C12H26N2O4. The average Bonchev–Trinajstić information content (AvgIpc) is 2.25. The number of carboxylic acid groups (broad SMARTS) is 2. The summed E-state index contributed by atoms with van der Waals surface area (Å²) in [4.78, 5) is 22.2. The van der Waals surface area contributed by atoms with E-state index in [2.05, 4.69) is 0 Å². The van der Waals surface area contributed by atoms with Crippen molar-refractivity contribution in [1.29, 1.82) is 0 Å². The maximum Gasteiger partial charge on any atom is 0.320 e. The van der Waals surface area contributed by atoms with Crippen molar-refractivity contribution in [3.8, 4) is 0 Å². The van der Waals surface area contributed by atoms with Crippen LogP contribution in [0.15, 0.2) is 0 Å². The molecule has 0 radical (unpaired) electrons. The Hall–Kier alpha value is -1.14. The third-order valence-corrected chi connectivity index (χ3v) is 2.72. The second-order valence-corrected chi connectivity index (χ2v) is 5.06. The molecule has 0 saturated heterocycles. The van der Waals surface area contributed by atoms with Crippen molar-refractivity contribution in [3.63, 3.8) is 0 Å². The summed E-state index contributed by atoms with van der Waals surface area (Å²) in [6.45, 7) is 5.63. The van der Waals surface area contributed by atoms with E-state index in [1.807, 2.05) is 0 Å². The van der Waals surface area contributed by atoms with Crippen LogP contribution in [0.5, 0.6) is 0 Å². The summed E-state index contributed by atoms with van der Waals surface area (Å²) in [6, 6.07) is -0.380. The Morgan fingerprint density at radius 3 is 1.89 bits per heavy atom. The molecule has 0 bridgehead atoms. The standard InChI is InChI=1S/C7H15NO2.C5H11NO2/c1-7(2,6(9)10)4-3-5-8;1-4(5(7)8)6(2)3/h3-5,8H2,1-2H3,(H,9,10);4H,1-3H3,(H,7,8). The number of likely N-dealkylation sites (N-methyl/N-ethyl adjacent to an activating group) is 1. The number of nitrogens with two attached hydrogens (primary N) is 1. The zero-order chi connectivity index (χ0) is 14.9. The van der Waals surface area contributed by atoms with Crippen LogP contribution in [0.2, 0.25) is 0 Å². The van der Waals surface area contributed by atoms with Gasteiger partial charge in [-0.2, -0.15) is 0 Å². The zero-order valence-electron chi connectivity index (χ0n) is 11.9. The van der Waals surface area contributed by atoms with Crippen molar-refractivity contribution in [2.45, 2.75) is 39.7 Å². The molecular weight excluding hydrogens is 236 g/mol. The number of carboxylic acids is 2. The van der Waals surface area contributed by atoms with Crippen molar-refractivity contribution in [1.82, 2.24) is 4.90 Å². The molecule has 0 aromatic rings. The minimum atomic E-state index is -0.782. The predicted octanol–water partition coefficient (Wildman–Crippen LogP) is 0.857. The first-order chi connectivity index (χ1) is 8.06. The topological polar surface area (TPSA) is 104 Å². The van der Waals surface area contributed by atoms with Gasteiger partial charge in [-0.15, -0.1) is 0 Å². The van der Waals surface area contributed by atoms with Crippen LogP contribution in [0.3, 0.4) is 0 Å². The number of nitrogens with zero attached hydrogens (tertiary/aromatic N) is 1. The monoisotopic (exact) mass is 262 g/mol. The summed E-state index contributed by atoms with van der Waals surface area (Å²) < 4.78 is 0. The summed E-state index contributed by atoms with van der Waals surface area (Å²) in [5.41, 5.74) is 4.63. The Labute approximate surface area is 109 Å². The van der Waals surface area contributed by atoms with E-state index in [0.29, 0.717) is 13.0 Å². The number of carbonyl (C=O) groups is 2. The molecule has 0 aliphatic heterocycles. The first kappa shape index (κ1) is 19.2. The summed E-state index contributed by atoms with van der Waals surface area (Å²) in [5.74, 6) is -1.53. The molecule has 0 heterocycles. The van der Waals surface area contributed by atoms with Crippen LogP contribution in [-0.4, -0.2) is 53.7 Å². The van der Waals surface area contributed by atoms with E-state index in [1.54, 1.807) is 39.8 Å². The molecule has 0 aliphatic carbocycles. The van der Waals surface area contributed by atoms with Crippen molar-refractivity contribution < 1.29 is 19.8 Å². The third-order valence-electron chi connectivity index (χ3n) is 2.72. The second-order valence-electron chi connectivity index (χ2n) is 5.06. The summed E-state index contributed by atoms with van der Waals surface area (Å²) in [6.07, 6.45) is 1.43.